The zero-order valence-electron chi connectivity index (χ0n) is 14.5. The first-order valence-corrected chi connectivity index (χ1v) is 8.73. The van der Waals surface area contributed by atoms with Crippen LogP contribution in [0, 0.1) is 0 Å². The number of aromatic nitrogens is 4. The maximum atomic E-state index is 11.0. The van der Waals surface area contributed by atoms with Crippen LogP contribution in [-0.2, 0) is 0 Å². The van der Waals surface area contributed by atoms with Gasteiger partial charge in [0.25, 0.3) is 0 Å². The van der Waals surface area contributed by atoms with Gasteiger partial charge in [0.15, 0.2) is 5.82 Å². The van der Waals surface area contributed by atoms with Gasteiger partial charge in [0.05, 0.1) is 16.3 Å². The van der Waals surface area contributed by atoms with E-state index in [9.17, 15) is 4.79 Å². The van der Waals surface area contributed by atoms with Crippen molar-refractivity contribution < 1.29 is 9.90 Å². The first kappa shape index (κ1) is 17.7. The number of hydrogen-bond donors (Lipinski definition) is 2. The highest BCUT2D eigenvalue weighted by molar-refractivity contribution is 6.33. The Kier molecular flexibility index (Phi) is 4.74. The molecule has 0 saturated heterocycles. The van der Waals surface area contributed by atoms with Crippen LogP contribution < -0.4 is 5.32 Å². The van der Waals surface area contributed by atoms with Gasteiger partial charge in [-0.1, -0.05) is 41.9 Å². The lowest BCUT2D eigenvalue weighted by Gasteiger charge is -2.05. The predicted octanol–water partition coefficient (Wildman–Crippen LogP) is 4.25. The first-order valence-electron chi connectivity index (χ1n) is 8.35. The molecule has 4 aromatic rings. The molecule has 0 aliphatic carbocycles. The third-order valence-corrected chi connectivity index (χ3v) is 4.47. The summed E-state index contributed by atoms with van der Waals surface area (Å²) in [6.07, 6.45) is 3.38. The van der Waals surface area contributed by atoms with Gasteiger partial charge in [-0.2, -0.15) is 4.68 Å². The molecular formula is C20H14ClN5O2. The number of halogens is 1. The average Bonchev–Trinajstić information content (AvgIpc) is 3.16. The first-order chi connectivity index (χ1) is 13.6. The number of fused-ring (bicyclic) bond motifs is 1. The van der Waals surface area contributed by atoms with E-state index in [0.717, 1.165) is 16.5 Å². The standard InChI is InChI=1S/C20H14ClN5O2/c21-18-12-15(6-8-17(18)20(27)28)22-10-9-19-23-24-25-26(19)16-7-5-13-3-1-2-4-14(13)11-16/h1-12,22H,(H,27,28)/b10-9-. The number of carboxylic acid groups (broad SMARTS) is 1. The summed E-state index contributed by atoms with van der Waals surface area (Å²) >= 11 is 5.97. The van der Waals surface area contributed by atoms with E-state index in [1.54, 1.807) is 29.1 Å². The lowest BCUT2D eigenvalue weighted by Crippen LogP contribution is -2.00. The highest BCUT2D eigenvalue weighted by Crippen LogP contribution is 2.21. The van der Waals surface area contributed by atoms with Crippen LogP contribution in [0.15, 0.2) is 66.9 Å². The topological polar surface area (TPSA) is 92.9 Å². The molecule has 3 aromatic carbocycles. The minimum absolute atomic E-state index is 0.0523. The molecule has 0 saturated carbocycles. The molecule has 1 aromatic heterocycles. The number of rotatable bonds is 5. The molecule has 4 rings (SSSR count). The van der Waals surface area contributed by atoms with Gasteiger partial charge >= 0.3 is 5.97 Å². The van der Waals surface area contributed by atoms with Crippen molar-refractivity contribution in [1.29, 1.82) is 0 Å². The molecule has 0 fully saturated rings. The molecule has 0 spiro atoms. The van der Waals surface area contributed by atoms with Gasteiger partial charge in [0, 0.05) is 18.0 Å². The number of nitrogens with one attached hydrogen (secondary N) is 1. The van der Waals surface area contributed by atoms with E-state index in [1.807, 2.05) is 42.5 Å². The van der Waals surface area contributed by atoms with Gasteiger partial charge in [0.1, 0.15) is 0 Å². The highest BCUT2D eigenvalue weighted by Gasteiger charge is 2.09. The van der Waals surface area contributed by atoms with Gasteiger partial charge in [-0.15, -0.1) is 5.10 Å². The average molecular weight is 392 g/mol. The Bertz CT molecular complexity index is 1200. The number of hydrogen-bond acceptors (Lipinski definition) is 5. The van der Waals surface area contributed by atoms with Gasteiger partial charge in [0.2, 0.25) is 0 Å². The van der Waals surface area contributed by atoms with Crippen LogP contribution >= 0.6 is 11.6 Å². The lowest BCUT2D eigenvalue weighted by atomic mass is 10.1. The molecule has 7 nitrogen and oxygen atoms in total. The lowest BCUT2D eigenvalue weighted by molar-refractivity contribution is 0.0697. The Morgan fingerprint density at radius 3 is 2.68 bits per heavy atom. The number of aromatic carboxylic acids is 1. The molecule has 0 bridgehead atoms. The monoisotopic (exact) mass is 391 g/mol. The van der Waals surface area contributed by atoms with Crippen molar-refractivity contribution in [1.82, 2.24) is 20.2 Å². The molecular weight excluding hydrogens is 378 g/mol. The fraction of sp³-hybridized carbons (Fsp3) is 0. The molecule has 138 valence electrons. The zero-order valence-corrected chi connectivity index (χ0v) is 15.2. The van der Waals surface area contributed by atoms with E-state index in [1.165, 1.54) is 6.07 Å². The molecule has 1 heterocycles. The second-order valence-corrected chi connectivity index (χ2v) is 6.36. The molecule has 2 N–H and O–H groups in total. The van der Waals surface area contributed by atoms with Crippen LogP contribution in [-0.4, -0.2) is 31.3 Å². The Morgan fingerprint density at radius 2 is 1.89 bits per heavy atom. The molecule has 0 amide bonds. The fourth-order valence-corrected chi connectivity index (χ4v) is 3.04. The largest absolute Gasteiger partial charge is 0.478 e. The number of carbonyl (C=O) groups is 1. The smallest absolute Gasteiger partial charge is 0.337 e. The van der Waals surface area contributed by atoms with Gasteiger partial charge in [-0.3, -0.25) is 0 Å². The molecule has 0 unspecified atom stereocenters. The Hall–Kier alpha value is -3.71. The summed E-state index contributed by atoms with van der Waals surface area (Å²) in [4.78, 5) is 11.0. The molecule has 8 heteroatoms. The van der Waals surface area contributed by atoms with Crippen molar-refractivity contribution in [2.24, 2.45) is 0 Å². The quantitative estimate of drug-likeness (QED) is 0.528. The Balaban J connectivity index is 1.55. The van der Waals surface area contributed by atoms with Crippen LogP contribution in [0.25, 0.3) is 22.5 Å². The predicted molar refractivity (Wildman–Crippen MR) is 108 cm³/mol. The van der Waals surface area contributed by atoms with Crippen molar-refractivity contribution in [2.45, 2.75) is 0 Å². The van der Waals surface area contributed by atoms with Gasteiger partial charge in [-0.05, 0) is 51.5 Å². The van der Waals surface area contributed by atoms with Crippen molar-refractivity contribution in [2.75, 3.05) is 5.32 Å². The SMILES string of the molecule is O=C(O)c1ccc(N/C=C\c2nnnn2-c2ccc3ccccc3c2)cc1Cl. The summed E-state index contributed by atoms with van der Waals surface area (Å²) in [6.45, 7) is 0. The number of nitrogens with zero attached hydrogens (tertiary/aromatic N) is 4. The third kappa shape index (κ3) is 3.56. The normalized spacial score (nSPS) is 11.2. The van der Waals surface area contributed by atoms with E-state index in [-0.39, 0.29) is 10.6 Å². The molecule has 0 atom stereocenters. The summed E-state index contributed by atoms with van der Waals surface area (Å²) in [5, 5.41) is 26.3. The minimum Gasteiger partial charge on any atom is -0.478 e. The van der Waals surface area contributed by atoms with Crippen molar-refractivity contribution >= 4 is 40.1 Å². The van der Waals surface area contributed by atoms with Gasteiger partial charge in [-0.25, -0.2) is 4.79 Å². The van der Waals surface area contributed by atoms with Crippen molar-refractivity contribution in [3.8, 4) is 5.69 Å². The van der Waals surface area contributed by atoms with E-state index in [2.05, 4.69) is 20.8 Å². The van der Waals surface area contributed by atoms with Crippen molar-refractivity contribution in [3.05, 3.63) is 83.3 Å². The van der Waals surface area contributed by atoms with Crippen LogP contribution in [0.2, 0.25) is 5.02 Å². The summed E-state index contributed by atoms with van der Waals surface area (Å²) < 4.78 is 1.63. The van der Waals surface area contributed by atoms with E-state index < -0.39 is 5.97 Å². The number of benzene rings is 3. The molecule has 0 aliphatic heterocycles. The van der Waals surface area contributed by atoms with E-state index in [0.29, 0.717) is 11.5 Å². The van der Waals surface area contributed by atoms with Crippen LogP contribution in [0.1, 0.15) is 16.2 Å². The number of carboxylic acids is 1. The van der Waals surface area contributed by atoms with Crippen molar-refractivity contribution in [3.63, 3.8) is 0 Å². The van der Waals surface area contributed by atoms with E-state index >= 15 is 0 Å². The summed E-state index contributed by atoms with van der Waals surface area (Å²) in [7, 11) is 0. The number of anilines is 1. The second-order valence-electron chi connectivity index (χ2n) is 5.96. The Labute approximate surface area is 164 Å². The fourth-order valence-electron chi connectivity index (χ4n) is 2.78. The zero-order chi connectivity index (χ0) is 19.5. The molecule has 0 radical (unpaired) electrons. The third-order valence-electron chi connectivity index (χ3n) is 4.15. The molecule has 28 heavy (non-hydrogen) atoms. The van der Waals surface area contributed by atoms with E-state index in [4.69, 9.17) is 16.7 Å². The van der Waals surface area contributed by atoms with Gasteiger partial charge < -0.3 is 10.4 Å². The molecule has 0 aliphatic rings. The maximum Gasteiger partial charge on any atom is 0.337 e. The highest BCUT2D eigenvalue weighted by atomic mass is 35.5. The number of tetrazole rings is 1. The van der Waals surface area contributed by atoms with Crippen LogP contribution in [0.5, 0.6) is 0 Å². The van der Waals surface area contributed by atoms with Crippen LogP contribution in [0.4, 0.5) is 5.69 Å². The second kappa shape index (κ2) is 7.50. The summed E-state index contributed by atoms with van der Waals surface area (Å²) in [6, 6.07) is 18.7. The summed E-state index contributed by atoms with van der Waals surface area (Å²) in [5.41, 5.74) is 1.55. The summed E-state index contributed by atoms with van der Waals surface area (Å²) in [5.74, 6) is -0.530. The Morgan fingerprint density at radius 1 is 1.07 bits per heavy atom. The maximum absolute atomic E-state index is 11.0. The van der Waals surface area contributed by atoms with Crippen LogP contribution in [0.3, 0.4) is 0 Å². The minimum atomic E-state index is -1.07.